The minimum absolute atomic E-state index is 0.203. The second kappa shape index (κ2) is 12.2. The molecule has 2 heterocycles. The second-order valence-corrected chi connectivity index (χ2v) is 8.15. The molecular weight excluding hydrogens is 404 g/mol. The van der Waals surface area contributed by atoms with Crippen molar-refractivity contribution in [2.45, 2.75) is 39.2 Å². The Morgan fingerprint density at radius 1 is 1.27 bits per heavy atom. The fraction of sp³-hybridized carbons (Fsp3) is 0.591. The van der Waals surface area contributed by atoms with Gasteiger partial charge in [-0.05, 0) is 63.9 Å². The predicted molar refractivity (Wildman–Crippen MR) is 120 cm³/mol. The lowest BCUT2D eigenvalue weighted by molar-refractivity contribution is -0.122. The Morgan fingerprint density at radius 3 is 2.50 bits per heavy atom. The summed E-state index contributed by atoms with van der Waals surface area (Å²) >= 11 is 5.49. The number of carbonyl (C=O) groups is 2. The molecule has 1 saturated heterocycles. The molecule has 0 unspecified atom stereocenters. The van der Waals surface area contributed by atoms with E-state index in [-0.39, 0.29) is 24.3 Å². The minimum atomic E-state index is -0.509. The number of methoxy groups -OCH3 is 1. The van der Waals surface area contributed by atoms with Crippen molar-refractivity contribution < 1.29 is 14.3 Å². The fourth-order valence-corrected chi connectivity index (χ4v) is 3.85. The smallest absolute Gasteiger partial charge is 0.273 e. The number of ether oxygens (including phenoxy) is 1. The van der Waals surface area contributed by atoms with Crippen LogP contribution in [-0.4, -0.2) is 65.6 Å². The molecule has 0 atom stereocenters. The van der Waals surface area contributed by atoms with E-state index in [1.807, 2.05) is 42.8 Å². The van der Waals surface area contributed by atoms with Crippen LogP contribution in [0.4, 0.5) is 0 Å². The van der Waals surface area contributed by atoms with Gasteiger partial charge in [-0.1, -0.05) is 18.2 Å². The summed E-state index contributed by atoms with van der Waals surface area (Å²) in [5.41, 5.74) is 6.63. The first kappa shape index (κ1) is 24.5. The number of nitrogens with two attached hydrogens (primary N) is 1. The number of fused-ring (bicyclic) bond motifs is 1. The number of likely N-dealkylation sites (tertiary alicyclic amines) is 1. The number of ketones is 1. The van der Waals surface area contributed by atoms with Gasteiger partial charge in [0.25, 0.3) is 5.24 Å². The van der Waals surface area contributed by atoms with Crippen molar-refractivity contribution in [3.63, 3.8) is 0 Å². The SMILES string of the molecule is CC(C)n1nc(C(=O)Cl)c2ccccc21.COCCCN1CCC(C(=O)CN)CC1. The summed E-state index contributed by atoms with van der Waals surface area (Å²) < 4.78 is 6.82. The molecule has 1 aliphatic rings. The van der Waals surface area contributed by atoms with E-state index >= 15 is 0 Å². The van der Waals surface area contributed by atoms with Gasteiger partial charge < -0.3 is 15.4 Å². The van der Waals surface area contributed by atoms with E-state index in [2.05, 4.69) is 10.00 Å². The normalized spacial score (nSPS) is 15.3. The first-order valence-corrected chi connectivity index (χ1v) is 10.9. The lowest BCUT2D eigenvalue weighted by atomic mass is 9.92. The van der Waals surface area contributed by atoms with Crippen LogP contribution >= 0.6 is 11.6 Å². The zero-order chi connectivity index (χ0) is 22.1. The molecule has 1 aromatic carbocycles. The molecule has 1 aromatic heterocycles. The Labute approximate surface area is 183 Å². The zero-order valence-electron chi connectivity index (χ0n) is 18.1. The van der Waals surface area contributed by atoms with E-state index < -0.39 is 5.24 Å². The highest BCUT2D eigenvalue weighted by atomic mass is 35.5. The maximum Gasteiger partial charge on any atom is 0.273 e. The lowest BCUT2D eigenvalue weighted by Gasteiger charge is -2.30. The monoisotopic (exact) mass is 436 g/mol. The van der Waals surface area contributed by atoms with Gasteiger partial charge in [0, 0.05) is 37.6 Å². The third kappa shape index (κ3) is 6.60. The molecule has 166 valence electrons. The van der Waals surface area contributed by atoms with Crippen LogP contribution in [0.15, 0.2) is 24.3 Å². The topological polar surface area (TPSA) is 90.5 Å². The average molecular weight is 437 g/mol. The third-order valence-corrected chi connectivity index (χ3v) is 5.53. The molecular formula is C22H33ClN4O3. The first-order valence-electron chi connectivity index (χ1n) is 10.5. The number of benzene rings is 1. The number of hydrogen-bond donors (Lipinski definition) is 1. The Balaban J connectivity index is 0.000000214. The largest absolute Gasteiger partial charge is 0.385 e. The van der Waals surface area contributed by atoms with Crippen LogP contribution in [0, 0.1) is 5.92 Å². The van der Waals surface area contributed by atoms with Crippen molar-refractivity contribution in [3.8, 4) is 0 Å². The van der Waals surface area contributed by atoms with Crippen molar-refractivity contribution in [1.29, 1.82) is 0 Å². The molecule has 7 nitrogen and oxygen atoms in total. The summed E-state index contributed by atoms with van der Waals surface area (Å²) in [5.74, 6) is 0.445. The van der Waals surface area contributed by atoms with Gasteiger partial charge in [-0.15, -0.1) is 0 Å². The molecule has 0 radical (unpaired) electrons. The van der Waals surface area contributed by atoms with E-state index in [1.165, 1.54) is 0 Å². The highest BCUT2D eigenvalue weighted by Crippen LogP contribution is 2.22. The van der Waals surface area contributed by atoms with Crippen molar-refractivity contribution in [1.82, 2.24) is 14.7 Å². The van der Waals surface area contributed by atoms with Gasteiger partial charge in [0.05, 0.1) is 12.1 Å². The zero-order valence-corrected chi connectivity index (χ0v) is 18.9. The number of nitrogens with zero attached hydrogens (tertiary/aromatic N) is 3. The minimum Gasteiger partial charge on any atom is -0.385 e. The molecule has 3 rings (SSSR count). The Bertz CT molecular complexity index is 829. The number of piperidine rings is 1. The average Bonchev–Trinajstić information content (AvgIpc) is 3.15. The molecule has 0 spiro atoms. The van der Waals surface area contributed by atoms with Crippen molar-refractivity contribution in [2.24, 2.45) is 11.7 Å². The van der Waals surface area contributed by atoms with Crippen molar-refractivity contribution >= 4 is 33.5 Å². The molecule has 30 heavy (non-hydrogen) atoms. The summed E-state index contributed by atoms with van der Waals surface area (Å²) in [6.07, 6.45) is 3.03. The Hall–Kier alpha value is -1.80. The molecule has 0 bridgehead atoms. The van der Waals surface area contributed by atoms with E-state index in [4.69, 9.17) is 22.1 Å². The van der Waals surface area contributed by atoms with Crippen molar-refractivity contribution in [2.75, 3.05) is 39.9 Å². The summed E-state index contributed by atoms with van der Waals surface area (Å²) in [4.78, 5) is 25.0. The second-order valence-electron chi connectivity index (χ2n) is 7.81. The third-order valence-electron chi connectivity index (χ3n) is 5.36. The van der Waals surface area contributed by atoms with Gasteiger partial charge in [0.2, 0.25) is 0 Å². The van der Waals surface area contributed by atoms with Crippen LogP contribution in [-0.2, 0) is 9.53 Å². The predicted octanol–water partition coefficient (Wildman–Crippen LogP) is 3.26. The number of hydrogen-bond acceptors (Lipinski definition) is 6. The summed E-state index contributed by atoms with van der Waals surface area (Å²) in [6, 6.07) is 7.80. The molecule has 1 aliphatic heterocycles. The molecule has 2 aromatic rings. The van der Waals surface area contributed by atoms with E-state index in [0.29, 0.717) is 5.69 Å². The number of para-hydroxylation sites is 1. The van der Waals surface area contributed by atoms with E-state index in [1.54, 1.807) is 7.11 Å². The fourth-order valence-electron chi connectivity index (χ4n) is 3.71. The molecule has 0 saturated carbocycles. The number of rotatable bonds is 8. The molecule has 0 aliphatic carbocycles. The van der Waals surface area contributed by atoms with Gasteiger partial charge in [0.15, 0.2) is 5.69 Å². The lowest BCUT2D eigenvalue weighted by Crippen LogP contribution is -2.38. The Morgan fingerprint density at radius 2 is 1.93 bits per heavy atom. The molecule has 8 heteroatoms. The number of halogens is 1. The van der Waals surface area contributed by atoms with E-state index in [9.17, 15) is 9.59 Å². The highest BCUT2D eigenvalue weighted by molar-refractivity contribution is 6.68. The number of Topliss-reactive ketones (excluding diaryl/α,β-unsaturated/α-hetero) is 1. The highest BCUT2D eigenvalue weighted by Gasteiger charge is 2.23. The standard InChI is InChI=1S/C11H11ClN2O.C11H22N2O2/c1-7(2)14-9-6-4-3-5-8(9)10(13-14)11(12)15;1-15-8-2-5-13-6-3-10(4-7-13)11(14)9-12/h3-7H,1-2H3;10H,2-9,12H2,1H3. The Kier molecular flexibility index (Phi) is 9.91. The van der Waals surface area contributed by atoms with Crippen LogP contribution in [0.2, 0.25) is 0 Å². The van der Waals surface area contributed by atoms with Crippen molar-refractivity contribution in [3.05, 3.63) is 30.0 Å². The van der Waals surface area contributed by atoms with Crippen LogP contribution in [0.1, 0.15) is 49.6 Å². The van der Waals surface area contributed by atoms with Crippen LogP contribution in [0.5, 0.6) is 0 Å². The van der Waals surface area contributed by atoms with Gasteiger partial charge in [-0.25, -0.2) is 0 Å². The van der Waals surface area contributed by atoms with E-state index in [0.717, 1.165) is 56.4 Å². The maximum atomic E-state index is 11.4. The first-order chi connectivity index (χ1) is 14.4. The quantitative estimate of drug-likeness (QED) is 0.504. The van der Waals surface area contributed by atoms with Crippen LogP contribution in [0.25, 0.3) is 10.9 Å². The van der Waals surface area contributed by atoms with Gasteiger partial charge in [-0.3, -0.25) is 14.3 Å². The molecule has 0 amide bonds. The molecule has 1 fully saturated rings. The van der Waals surface area contributed by atoms with Gasteiger partial charge >= 0.3 is 0 Å². The van der Waals surface area contributed by atoms with Crippen LogP contribution < -0.4 is 5.73 Å². The summed E-state index contributed by atoms with van der Waals surface area (Å²) in [5, 5.41) is 4.53. The number of aromatic nitrogens is 2. The maximum absolute atomic E-state index is 11.4. The summed E-state index contributed by atoms with van der Waals surface area (Å²) in [7, 11) is 1.73. The van der Waals surface area contributed by atoms with Crippen LogP contribution in [0.3, 0.4) is 0 Å². The summed E-state index contributed by atoms with van der Waals surface area (Å²) in [6.45, 7) is 8.19. The molecule has 2 N–H and O–H groups in total. The number of carbonyl (C=O) groups excluding carboxylic acids is 2. The van der Waals surface area contributed by atoms with Gasteiger partial charge in [0.1, 0.15) is 5.78 Å². The van der Waals surface area contributed by atoms with Gasteiger partial charge in [-0.2, -0.15) is 5.10 Å².